The molecule has 0 spiro atoms. The Labute approximate surface area is 272 Å². The first kappa shape index (κ1) is 44.6. The SMILES string of the molecule is CCCCCCCCCCCCCCCCC(C(=O)O)(C(C)C)C(CCCCCCCCCCCCCCC)C(C)C.N. The van der Waals surface area contributed by atoms with Gasteiger partial charge in [0.25, 0.3) is 0 Å². The van der Waals surface area contributed by atoms with E-state index in [-0.39, 0.29) is 18.0 Å². The highest BCUT2D eigenvalue weighted by atomic mass is 16.4. The van der Waals surface area contributed by atoms with E-state index in [2.05, 4.69) is 41.5 Å². The third-order valence-electron chi connectivity index (χ3n) is 10.5. The molecule has 0 radical (unpaired) electrons. The van der Waals surface area contributed by atoms with E-state index in [4.69, 9.17) is 0 Å². The Morgan fingerprint density at radius 3 is 1.02 bits per heavy atom. The first-order valence-corrected chi connectivity index (χ1v) is 19.6. The summed E-state index contributed by atoms with van der Waals surface area (Å²) in [6.07, 6.45) is 38.6. The molecule has 0 rings (SSSR count). The average Bonchev–Trinajstić information content (AvgIpc) is 2.95. The van der Waals surface area contributed by atoms with Gasteiger partial charge in [0.15, 0.2) is 0 Å². The van der Waals surface area contributed by atoms with Crippen LogP contribution in [0.1, 0.15) is 228 Å². The van der Waals surface area contributed by atoms with Gasteiger partial charge in [0, 0.05) is 0 Å². The van der Waals surface area contributed by atoms with Gasteiger partial charge < -0.3 is 11.3 Å². The van der Waals surface area contributed by atoms with Crippen molar-refractivity contribution in [3.8, 4) is 0 Å². The van der Waals surface area contributed by atoms with Crippen molar-refractivity contribution in [2.24, 2.45) is 23.2 Å². The van der Waals surface area contributed by atoms with E-state index in [1.807, 2.05) is 0 Å². The van der Waals surface area contributed by atoms with Crippen LogP contribution in [0.4, 0.5) is 0 Å². The summed E-state index contributed by atoms with van der Waals surface area (Å²) in [5, 5.41) is 10.6. The summed E-state index contributed by atoms with van der Waals surface area (Å²) in [5.41, 5.74) is -0.567. The van der Waals surface area contributed by atoms with E-state index in [9.17, 15) is 9.90 Å². The predicted molar refractivity (Wildman–Crippen MR) is 193 cm³/mol. The second-order valence-corrected chi connectivity index (χ2v) is 14.7. The zero-order chi connectivity index (χ0) is 31.3. The smallest absolute Gasteiger partial charge is 0.310 e. The highest BCUT2D eigenvalue weighted by Crippen LogP contribution is 2.47. The van der Waals surface area contributed by atoms with Crippen LogP contribution in [-0.4, -0.2) is 11.1 Å². The Morgan fingerprint density at radius 1 is 0.488 bits per heavy atom. The number of rotatable bonds is 33. The van der Waals surface area contributed by atoms with Crippen molar-refractivity contribution in [1.82, 2.24) is 6.15 Å². The molecule has 0 aromatic carbocycles. The Morgan fingerprint density at radius 2 is 0.767 bits per heavy atom. The minimum absolute atomic E-state index is 0. The minimum Gasteiger partial charge on any atom is -0.481 e. The fraction of sp³-hybridized carbons (Fsp3) is 0.975. The lowest BCUT2D eigenvalue weighted by molar-refractivity contribution is -0.159. The fourth-order valence-electron chi connectivity index (χ4n) is 7.59. The fourth-order valence-corrected chi connectivity index (χ4v) is 7.59. The number of carboxylic acids is 1. The van der Waals surface area contributed by atoms with E-state index in [0.29, 0.717) is 5.92 Å². The summed E-state index contributed by atoms with van der Waals surface area (Å²) in [6.45, 7) is 13.5. The normalized spacial score (nSPS) is 13.8. The molecule has 260 valence electrons. The topological polar surface area (TPSA) is 72.3 Å². The molecule has 0 aromatic rings. The lowest BCUT2D eigenvalue weighted by Crippen LogP contribution is -2.45. The van der Waals surface area contributed by atoms with Crippen molar-refractivity contribution >= 4 is 5.97 Å². The molecule has 0 saturated carbocycles. The molecule has 0 aliphatic carbocycles. The number of hydrogen-bond acceptors (Lipinski definition) is 2. The van der Waals surface area contributed by atoms with Gasteiger partial charge >= 0.3 is 5.97 Å². The van der Waals surface area contributed by atoms with Crippen molar-refractivity contribution in [3.63, 3.8) is 0 Å². The predicted octanol–water partition coefficient (Wildman–Crippen LogP) is 14.5. The zero-order valence-corrected chi connectivity index (χ0v) is 30.8. The third-order valence-corrected chi connectivity index (χ3v) is 10.5. The van der Waals surface area contributed by atoms with Crippen LogP contribution in [0.15, 0.2) is 0 Å². The highest BCUT2D eigenvalue weighted by molar-refractivity contribution is 5.75. The molecule has 2 unspecified atom stereocenters. The molecule has 2 atom stereocenters. The van der Waals surface area contributed by atoms with E-state index in [1.165, 1.54) is 167 Å². The van der Waals surface area contributed by atoms with Crippen LogP contribution in [0.5, 0.6) is 0 Å². The molecule has 0 amide bonds. The molecule has 0 aromatic heterocycles. The summed E-state index contributed by atoms with van der Waals surface area (Å²) in [6, 6.07) is 0. The summed E-state index contributed by atoms with van der Waals surface area (Å²) >= 11 is 0. The lowest BCUT2D eigenvalue weighted by Gasteiger charge is -2.43. The quantitative estimate of drug-likeness (QED) is 0.0727. The van der Waals surface area contributed by atoms with Gasteiger partial charge in [-0.15, -0.1) is 0 Å². The molecular formula is C40H83NO2. The first-order valence-electron chi connectivity index (χ1n) is 19.6. The second-order valence-electron chi connectivity index (χ2n) is 14.7. The van der Waals surface area contributed by atoms with Gasteiger partial charge in [-0.3, -0.25) is 4.79 Å². The van der Waals surface area contributed by atoms with Gasteiger partial charge in [-0.2, -0.15) is 0 Å². The van der Waals surface area contributed by atoms with Crippen LogP contribution in [-0.2, 0) is 4.79 Å². The molecular weight excluding hydrogens is 526 g/mol. The van der Waals surface area contributed by atoms with Crippen LogP contribution in [0.25, 0.3) is 0 Å². The molecule has 4 N–H and O–H groups in total. The molecule has 0 heterocycles. The lowest BCUT2D eigenvalue weighted by atomic mass is 9.60. The van der Waals surface area contributed by atoms with Crippen LogP contribution in [0.2, 0.25) is 0 Å². The standard InChI is InChI=1S/C40H80O2.H3N/c1-7-9-11-13-15-17-19-21-23-25-27-29-31-33-35-40(37(5)6,39(41)42)38(36(3)4)34-32-30-28-26-24-22-20-18-16-14-12-10-8-2;/h36-38H,7-35H2,1-6H3,(H,41,42);1H3. The van der Waals surface area contributed by atoms with E-state index >= 15 is 0 Å². The van der Waals surface area contributed by atoms with Gasteiger partial charge in [-0.1, -0.05) is 215 Å². The summed E-state index contributed by atoms with van der Waals surface area (Å²) < 4.78 is 0. The van der Waals surface area contributed by atoms with Gasteiger partial charge in [0.1, 0.15) is 0 Å². The molecule has 3 nitrogen and oxygen atoms in total. The Hall–Kier alpha value is -0.570. The monoisotopic (exact) mass is 610 g/mol. The maximum absolute atomic E-state index is 12.9. The number of unbranched alkanes of at least 4 members (excludes halogenated alkanes) is 25. The largest absolute Gasteiger partial charge is 0.481 e. The van der Waals surface area contributed by atoms with Crippen LogP contribution in [0.3, 0.4) is 0 Å². The summed E-state index contributed by atoms with van der Waals surface area (Å²) in [7, 11) is 0. The number of hydrogen-bond donors (Lipinski definition) is 2. The Balaban J connectivity index is 0. The Kier molecular flexibility index (Phi) is 32.6. The number of carboxylic acid groups (broad SMARTS) is 1. The van der Waals surface area contributed by atoms with Gasteiger partial charge in [-0.25, -0.2) is 0 Å². The molecule has 43 heavy (non-hydrogen) atoms. The molecule has 3 heteroatoms. The van der Waals surface area contributed by atoms with Gasteiger partial charge in [0.2, 0.25) is 0 Å². The van der Waals surface area contributed by atoms with Crippen LogP contribution >= 0.6 is 0 Å². The third kappa shape index (κ3) is 22.6. The van der Waals surface area contributed by atoms with E-state index < -0.39 is 11.4 Å². The van der Waals surface area contributed by atoms with E-state index in [0.717, 1.165) is 19.3 Å². The second kappa shape index (κ2) is 31.4. The number of carbonyl (C=O) groups is 1. The van der Waals surface area contributed by atoms with Gasteiger partial charge in [-0.05, 0) is 30.6 Å². The van der Waals surface area contributed by atoms with Crippen molar-refractivity contribution in [1.29, 1.82) is 0 Å². The highest BCUT2D eigenvalue weighted by Gasteiger charge is 2.48. The van der Waals surface area contributed by atoms with Crippen molar-refractivity contribution in [2.45, 2.75) is 228 Å². The minimum atomic E-state index is -0.567. The Bertz CT molecular complexity index is 575. The molecule has 0 fully saturated rings. The maximum atomic E-state index is 12.9. The van der Waals surface area contributed by atoms with Crippen molar-refractivity contribution in [2.75, 3.05) is 0 Å². The molecule has 0 bridgehead atoms. The maximum Gasteiger partial charge on any atom is 0.310 e. The van der Waals surface area contributed by atoms with Crippen molar-refractivity contribution in [3.05, 3.63) is 0 Å². The van der Waals surface area contributed by atoms with Crippen molar-refractivity contribution < 1.29 is 9.90 Å². The van der Waals surface area contributed by atoms with Crippen LogP contribution < -0.4 is 6.15 Å². The van der Waals surface area contributed by atoms with Crippen LogP contribution in [0, 0.1) is 23.2 Å². The van der Waals surface area contributed by atoms with Gasteiger partial charge in [0.05, 0.1) is 5.41 Å². The van der Waals surface area contributed by atoms with E-state index in [1.54, 1.807) is 0 Å². The zero-order valence-electron chi connectivity index (χ0n) is 30.8. The summed E-state index contributed by atoms with van der Waals surface area (Å²) in [5.74, 6) is 0.365. The molecule has 0 aliphatic heterocycles. The average molecular weight is 610 g/mol. The first-order chi connectivity index (χ1) is 20.3. The molecule has 0 saturated heterocycles. The molecule has 0 aliphatic rings. The number of aliphatic carboxylic acids is 1. The summed E-state index contributed by atoms with van der Waals surface area (Å²) in [4.78, 5) is 12.9.